The van der Waals surface area contributed by atoms with Crippen molar-refractivity contribution in [1.29, 1.82) is 0 Å². The molecule has 0 radical (unpaired) electrons. The summed E-state index contributed by atoms with van der Waals surface area (Å²) in [6.07, 6.45) is 3.64. The molecule has 1 rings (SSSR count). The van der Waals surface area contributed by atoms with E-state index < -0.39 is 0 Å². The highest BCUT2D eigenvalue weighted by atomic mass is 79.9. The van der Waals surface area contributed by atoms with Gasteiger partial charge in [0.15, 0.2) is 0 Å². The van der Waals surface area contributed by atoms with Crippen molar-refractivity contribution in [2.75, 3.05) is 6.54 Å². The Hall–Kier alpha value is -0.800. The van der Waals surface area contributed by atoms with Gasteiger partial charge in [-0.2, -0.15) is 0 Å². The van der Waals surface area contributed by atoms with E-state index in [1.807, 2.05) is 31.2 Å². The SMILES string of the molecule is Cc1ccc(Br)c(O)c1/C=C/CN. The van der Waals surface area contributed by atoms with E-state index in [9.17, 15) is 5.11 Å². The first-order chi connectivity index (χ1) is 6.16. The van der Waals surface area contributed by atoms with Crippen molar-refractivity contribution < 1.29 is 5.11 Å². The Kier molecular flexibility index (Phi) is 3.51. The van der Waals surface area contributed by atoms with Crippen LogP contribution in [0.1, 0.15) is 11.1 Å². The zero-order chi connectivity index (χ0) is 9.84. The fraction of sp³-hybridized carbons (Fsp3) is 0.200. The molecule has 0 aliphatic carbocycles. The van der Waals surface area contributed by atoms with Gasteiger partial charge in [-0.05, 0) is 34.5 Å². The second kappa shape index (κ2) is 4.44. The molecule has 1 aromatic rings. The minimum absolute atomic E-state index is 0.268. The Morgan fingerprint density at radius 1 is 1.54 bits per heavy atom. The van der Waals surface area contributed by atoms with Crippen LogP contribution < -0.4 is 5.73 Å². The zero-order valence-electron chi connectivity index (χ0n) is 7.42. The predicted molar refractivity (Wildman–Crippen MR) is 58.6 cm³/mol. The van der Waals surface area contributed by atoms with Gasteiger partial charge in [0.25, 0.3) is 0 Å². The van der Waals surface area contributed by atoms with Gasteiger partial charge in [-0.3, -0.25) is 0 Å². The van der Waals surface area contributed by atoms with Gasteiger partial charge in [0.1, 0.15) is 5.75 Å². The largest absolute Gasteiger partial charge is 0.506 e. The Morgan fingerprint density at radius 2 is 2.23 bits per heavy atom. The zero-order valence-corrected chi connectivity index (χ0v) is 9.01. The first kappa shape index (κ1) is 10.3. The highest BCUT2D eigenvalue weighted by Crippen LogP contribution is 2.30. The molecular formula is C10H12BrNO. The molecule has 0 saturated heterocycles. The Bertz CT molecular complexity index is 334. The molecule has 1 aromatic carbocycles. The van der Waals surface area contributed by atoms with E-state index in [0.717, 1.165) is 11.1 Å². The standard InChI is InChI=1S/C10H12BrNO/c1-7-4-5-9(11)10(13)8(7)3-2-6-12/h2-5,13H,6,12H2,1H3/b3-2+. The number of hydrogen-bond acceptors (Lipinski definition) is 2. The van der Waals surface area contributed by atoms with Gasteiger partial charge in [-0.15, -0.1) is 0 Å². The van der Waals surface area contributed by atoms with Gasteiger partial charge in [0.05, 0.1) is 4.47 Å². The smallest absolute Gasteiger partial charge is 0.137 e. The average Bonchev–Trinajstić information content (AvgIpc) is 2.12. The minimum atomic E-state index is 0.268. The average molecular weight is 242 g/mol. The second-order valence-corrected chi connectivity index (χ2v) is 3.62. The maximum Gasteiger partial charge on any atom is 0.137 e. The number of aromatic hydroxyl groups is 1. The van der Waals surface area contributed by atoms with E-state index in [4.69, 9.17) is 5.73 Å². The summed E-state index contributed by atoms with van der Waals surface area (Å²) in [4.78, 5) is 0. The summed E-state index contributed by atoms with van der Waals surface area (Å²) in [6.45, 7) is 2.42. The molecule has 70 valence electrons. The summed E-state index contributed by atoms with van der Waals surface area (Å²) in [6, 6.07) is 3.77. The Balaban J connectivity index is 3.17. The molecule has 0 saturated carbocycles. The van der Waals surface area contributed by atoms with Gasteiger partial charge < -0.3 is 10.8 Å². The van der Waals surface area contributed by atoms with E-state index in [1.165, 1.54) is 0 Å². The van der Waals surface area contributed by atoms with Crippen molar-refractivity contribution in [3.05, 3.63) is 33.8 Å². The monoisotopic (exact) mass is 241 g/mol. The van der Waals surface area contributed by atoms with E-state index >= 15 is 0 Å². The van der Waals surface area contributed by atoms with E-state index in [-0.39, 0.29) is 5.75 Å². The summed E-state index contributed by atoms with van der Waals surface area (Å²) < 4.78 is 0.703. The fourth-order valence-electron chi connectivity index (χ4n) is 1.08. The fourth-order valence-corrected chi connectivity index (χ4v) is 1.42. The molecule has 0 fully saturated rings. The van der Waals surface area contributed by atoms with Crippen LogP contribution in [0.3, 0.4) is 0 Å². The van der Waals surface area contributed by atoms with Crippen LogP contribution in [0.4, 0.5) is 0 Å². The summed E-state index contributed by atoms with van der Waals surface area (Å²) in [5.74, 6) is 0.268. The van der Waals surface area contributed by atoms with Crippen LogP contribution in [-0.4, -0.2) is 11.7 Å². The molecule has 3 heteroatoms. The van der Waals surface area contributed by atoms with Crippen LogP contribution in [0.2, 0.25) is 0 Å². The quantitative estimate of drug-likeness (QED) is 0.836. The number of benzene rings is 1. The topological polar surface area (TPSA) is 46.2 Å². The van der Waals surface area contributed by atoms with E-state index in [1.54, 1.807) is 0 Å². The normalized spacial score (nSPS) is 11.0. The van der Waals surface area contributed by atoms with Crippen LogP contribution in [0, 0.1) is 6.92 Å². The van der Waals surface area contributed by atoms with Gasteiger partial charge >= 0.3 is 0 Å². The summed E-state index contributed by atoms with van der Waals surface area (Å²) in [5.41, 5.74) is 7.19. The molecule has 0 aliphatic rings. The van der Waals surface area contributed by atoms with Crippen molar-refractivity contribution in [2.24, 2.45) is 5.73 Å². The van der Waals surface area contributed by atoms with Crippen molar-refractivity contribution in [3.63, 3.8) is 0 Å². The number of rotatable bonds is 2. The predicted octanol–water partition coefficient (Wildman–Crippen LogP) is 2.44. The van der Waals surface area contributed by atoms with Crippen LogP contribution in [0.15, 0.2) is 22.7 Å². The van der Waals surface area contributed by atoms with Crippen LogP contribution >= 0.6 is 15.9 Å². The summed E-state index contributed by atoms with van der Waals surface area (Å²) >= 11 is 3.26. The summed E-state index contributed by atoms with van der Waals surface area (Å²) in [5, 5.41) is 9.67. The number of aryl methyl sites for hydroxylation is 1. The number of halogens is 1. The number of phenolic OH excluding ortho intramolecular Hbond substituents is 1. The third-order valence-electron chi connectivity index (χ3n) is 1.81. The van der Waals surface area contributed by atoms with Gasteiger partial charge in [-0.25, -0.2) is 0 Å². The van der Waals surface area contributed by atoms with Crippen molar-refractivity contribution >= 4 is 22.0 Å². The number of hydrogen-bond donors (Lipinski definition) is 2. The van der Waals surface area contributed by atoms with Crippen LogP contribution in [-0.2, 0) is 0 Å². The molecule has 0 amide bonds. The maximum atomic E-state index is 9.67. The molecule has 13 heavy (non-hydrogen) atoms. The van der Waals surface area contributed by atoms with Gasteiger partial charge in [0, 0.05) is 12.1 Å². The lowest BCUT2D eigenvalue weighted by atomic mass is 10.1. The Labute approximate surface area is 86.2 Å². The van der Waals surface area contributed by atoms with Crippen LogP contribution in [0.25, 0.3) is 6.08 Å². The first-order valence-corrected chi connectivity index (χ1v) is 4.80. The van der Waals surface area contributed by atoms with E-state index in [2.05, 4.69) is 15.9 Å². The highest BCUT2D eigenvalue weighted by Gasteiger charge is 2.04. The van der Waals surface area contributed by atoms with E-state index in [0.29, 0.717) is 11.0 Å². The molecule has 0 heterocycles. The van der Waals surface area contributed by atoms with Crippen molar-refractivity contribution in [1.82, 2.24) is 0 Å². The van der Waals surface area contributed by atoms with Crippen molar-refractivity contribution in [3.8, 4) is 5.75 Å². The molecule has 0 bridgehead atoms. The third kappa shape index (κ3) is 2.32. The number of nitrogens with two attached hydrogens (primary N) is 1. The summed E-state index contributed by atoms with van der Waals surface area (Å²) in [7, 11) is 0. The molecular weight excluding hydrogens is 230 g/mol. The first-order valence-electron chi connectivity index (χ1n) is 4.01. The molecule has 0 aliphatic heterocycles. The molecule has 3 N–H and O–H groups in total. The molecule has 0 aromatic heterocycles. The molecule has 0 spiro atoms. The lowest BCUT2D eigenvalue weighted by Gasteiger charge is -2.05. The molecule has 2 nitrogen and oxygen atoms in total. The minimum Gasteiger partial charge on any atom is -0.506 e. The highest BCUT2D eigenvalue weighted by molar-refractivity contribution is 9.10. The maximum absolute atomic E-state index is 9.67. The van der Waals surface area contributed by atoms with Crippen LogP contribution in [0.5, 0.6) is 5.75 Å². The molecule has 0 atom stereocenters. The molecule has 0 unspecified atom stereocenters. The second-order valence-electron chi connectivity index (χ2n) is 2.76. The lowest BCUT2D eigenvalue weighted by molar-refractivity contribution is 0.470. The third-order valence-corrected chi connectivity index (χ3v) is 2.45. The Morgan fingerprint density at radius 3 is 2.85 bits per heavy atom. The van der Waals surface area contributed by atoms with Gasteiger partial charge in [-0.1, -0.05) is 18.2 Å². The van der Waals surface area contributed by atoms with Gasteiger partial charge in [0.2, 0.25) is 0 Å². The number of phenols is 1. The lowest BCUT2D eigenvalue weighted by Crippen LogP contribution is -1.92. The van der Waals surface area contributed by atoms with Crippen molar-refractivity contribution in [2.45, 2.75) is 6.92 Å².